The molecule has 1 aliphatic rings. The minimum Gasteiger partial charge on any atom is -0.373 e. The van der Waals surface area contributed by atoms with E-state index in [4.69, 9.17) is 0 Å². The van der Waals surface area contributed by atoms with E-state index in [1.807, 2.05) is 19.3 Å². The third-order valence-corrected chi connectivity index (χ3v) is 4.91. The van der Waals surface area contributed by atoms with Gasteiger partial charge in [-0.1, -0.05) is 6.07 Å². The SMILES string of the molecule is CNc1cc(N2CCCC2CNCc2ccc3[nH]ccc3c2)ncn1. The molecule has 130 valence electrons. The number of aromatic nitrogens is 3. The van der Waals surface area contributed by atoms with Crippen molar-refractivity contribution in [2.75, 3.05) is 30.4 Å². The number of aromatic amines is 1. The number of nitrogens with one attached hydrogen (secondary N) is 3. The Kier molecular flexibility index (Phi) is 4.52. The molecule has 0 amide bonds. The highest BCUT2D eigenvalue weighted by atomic mass is 15.2. The molecule has 0 radical (unpaired) electrons. The standard InChI is InChI=1S/C19H24N6/c1-20-18-10-19(24-13-23-18)25-8-2-3-16(25)12-21-11-14-4-5-17-15(9-14)6-7-22-17/h4-7,9-10,13,16,21-22H,2-3,8,11-12H2,1H3,(H,20,23,24). The van der Waals surface area contributed by atoms with E-state index in [1.54, 1.807) is 6.33 Å². The predicted molar refractivity (Wildman–Crippen MR) is 102 cm³/mol. The van der Waals surface area contributed by atoms with Crippen molar-refractivity contribution in [1.82, 2.24) is 20.3 Å². The van der Waals surface area contributed by atoms with Crippen molar-refractivity contribution in [3.8, 4) is 0 Å². The maximum Gasteiger partial charge on any atom is 0.134 e. The van der Waals surface area contributed by atoms with Crippen LogP contribution in [-0.2, 0) is 6.54 Å². The normalized spacial score (nSPS) is 17.3. The summed E-state index contributed by atoms with van der Waals surface area (Å²) in [5, 5.41) is 7.97. The molecule has 0 spiro atoms. The van der Waals surface area contributed by atoms with Gasteiger partial charge in [0.05, 0.1) is 0 Å². The highest BCUT2D eigenvalue weighted by molar-refractivity contribution is 5.79. The summed E-state index contributed by atoms with van der Waals surface area (Å²) in [5.74, 6) is 1.88. The monoisotopic (exact) mass is 336 g/mol. The molecular formula is C19H24N6. The van der Waals surface area contributed by atoms with Crippen molar-refractivity contribution in [1.29, 1.82) is 0 Å². The van der Waals surface area contributed by atoms with E-state index in [0.29, 0.717) is 6.04 Å². The summed E-state index contributed by atoms with van der Waals surface area (Å²) in [4.78, 5) is 14.3. The van der Waals surface area contributed by atoms with Crippen LogP contribution in [0.1, 0.15) is 18.4 Å². The summed E-state index contributed by atoms with van der Waals surface area (Å²) in [6, 6.07) is 11.2. The summed E-state index contributed by atoms with van der Waals surface area (Å²) in [6.45, 7) is 2.91. The lowest BCUT2D eigenvalue weighted by atomic mass is 10.1. The largest absolute Gasteiger partial charge is 0.373 e. The second-order valence-electron chi connectivity index (χ2n) is 6.53. The summed E-state index contributed by atoms with van der Waals surface area (Å²) in [7, 11) is 1.89. The van der Waals surface area contributed by atoms with Gasteiger partial charge < -0.3 is 20.5 Å². The quantitative estimate of drug-likeness (QED) is 0.646. The fourth-order valence-electron chi connectivity index (χ4n) is 3.59. The number of hydrogen-bond donors (Lipinski definition) is 3. The zero-order valence-electron chi connectivity index (χ0n) is 14.5. The van der Waals surface area contributed by atoms with Crippen molar-refractivity contribution in [3.05, 3.63) is 48.4 Å². The molecule has 2 aromatic heterocycles. The maximum atomic E-state index is 4.46. The lowest BCUT2D eigenvalue weighted by Gasteiger charge is -2.26. The lowest BCUT2D eigenvalue weighted by molar-refractivity contribution is 0.571. The Labute approximate surface area is 147 Å². The summed E-state index contributed by atoms with van der Waals surface area (Å²) in [5.41, 5.74) is 2.51. The van der Waals surface area contributed by atoms with Crippen LogP contribution in [0.15, 0.2) is 42.9 Å². The summed E-state index contributed by atoms with van der Waals surface area (Å²) in [6.07, 6.45) is 6.03. The zero-order chi connectivity index (χ0) is 17.1. The van der Waals surface area contributed by atoms with Crippen molar-refractivity contribution in [2.24, 2.45) is 0 Å². The van der Waals surface area contributed by atoms with Crippen LogP contribution in [0.2, 0.25) is 0 Å². The van der Waals surface area contributed by atoms with Crippen molar-refractivity contribution < 1.29 is 0 Å². The summed E-state index contributed by atoms with van der Waals surface area (Å²) >= 11 is 0. The molecular weight excluding hydrogens is 312 g/mol. The molecule has 0 bridgehead atoms. The van der Waals surface area contributed by atoms with Gasteiger partial charge in [0.15, 0.2) is 0 Å². The highest BCUT2D eigenvalue weighted by Crippen LogP contribution is 2.24. The third-order valence-electron chi connectivity index (χ3n) is 4.91. The van der Waals surface area contributed by atoms with Gasteiger partial charge in [-0.05, 0) is 42.0 Å². The first-order chi connectivity index (χ1) is 12.3. The van der Waals surface area contributed by atoms with Gasteiger partial charge in [-0.3, -0.25) is 0 Å². The molecule has 6 heteroatoms. The van der Waals surface area contributed by atoms with Gasteiger partial charge in [-0.25, -0.2) is 9.97 Å². The van der Waals surface area contributed by atoms with E-state index < -0.39 is 0 Å². The Hall–Kier alpha value is -2.60. The maximum absolute atomic E-state index is 4.46. The predicted octanol–water partition coefficient (Wildman–Crippen LogP) is 2.76. The van der Waals surface area contributed by atoms with E-state index >= 15 is 0 Å². The topological polar surface area (TPSA) is 68.9 Å². The molecule has 1 unspecified atom stereocenters. The first-order valence-electron chi connectivity index (χ1n) is 8.86. The Bertz CT molecular complexity index is 843. The van der Waals surface area contributed by atoms with Crippen LogP contribution in [0.4, 0.5) is 11.6 Å². The number of anilines is 2. The van der Waals surface area contributed by atoms with Crippen LogP contribution in [-0.4, -0.2) is 41.1 Å². The zero-order valence-corrected chi connectivity index (χ0v) is 14.5. The molecule has 1 atom stereocenters. The van der Waals surface area contributed by atoms with Crippen LogP contribution < -0.4 is 15.5 Å². The van der Waals surface area contributed by atoms with E-state index in [1.165, 1.54) is 29.3 Å². The smallest absolute Gasteiger partial charge is 0.134 e. The third kappa shape index (κ3) is 3.44. The average Bonchev–Trinajstić information content (AvgIpc) is 3.30. The Morgan fingerprint density at radius 3 is 3.12 bits per heavy atom. The van der Waals surface area contributed by atoms with Gasteiger partial charge in [0.2, 0.25) is 0 Å². The summed E-state index contributed by atoms with van der Waals surface area (Å²) < 4.78 is 0. The minimum atomic E-state index is 0.482. The number of benzene rings is 1. The molecule has 1 aromatic carbocycles. The second kappa shape index (κ2) is 7.11. The van der Waals surface area contributed by atoms with Crippen LogP contribution in [0, 0.1) is 0 Å². The molecule has 1 fully saturated rings. The van der Waals surface area contributed by atoms with Gasteiger partial charge >= 0.3 is 0 Å². The van der Waals surface area contributed by atoms with Crippen LogP contribution in [0.25, 0.3) is 10.9 Å². The van der Waals surface area contributed by atoms with Crippen molar-refractivity contribution >= 4 is 22.5 Å². The van der Waals surface area contributed by atoms with Crippen molar-refractivity contribution in [3.63, 3.8) is 0 Å². The first kappa shape index (κ1) is 15.9. The molecule has 1 saturated heterocycles. The number of rotatable bonds is 6. The number of fused-ring (bicyclic) bond motifs is 1. The molecule has 25 heavy (non-hydrogen) atoms. The number of nitrogens with zero attached hydrogens (tertiary/aromatic N) is 3. The van der Waals surface area contributed by atoms with Gasteiger partial charge in [0.25, 0.3) is 0 Å². The molecule has 4 rings (SSSR count). The second-order valence-corrected chi connectivity index (χ2v) is 6.53. The highest BCUT2D eigenvalue weighted by Gasteiger charge is 2.25. The van der Waals surface area contributed by atoms with Gasteiger partial charge in [-0.2, -0.15) is 0 Å². The fourth-order valence-corrected chi connectivity index (χ4v) is 3.59. The molecule has 1 aliphatic heterocycles. The molecule has 3 aromatic rings. The van der Waals surface area contributed by atoms with E-state index in [0.717, 1.165) is 31.3 Å². The lowest BCUT2D eigenvalue weighted by Crippen LogP contribution is -2.38. The Balaban J connectivity index is 1.37. The Morgan fingerprint density at radius 2 is 2.20 bits per heavy atom. The molecule has 0 aliphatic carbocycles. The van der Waals surface area contributed by atoms with E-state index in [2.05, 4.69) is 54.8 Å². The van der Waals surface area contributed by atoms with Crippen LogP contribution in [0.5, 0.6) is 0 Å². The number of H-pyrrole nitrogens is 1. The minimum absolute atomic E-state index is 0.482. The Morgan fingerprint density at radius 1 is 1.24 bits per heavy atom. The van der Waals surface area contributed by atoms with E-state index in [9.17, 15) is 0 Å². The van der Waals surface area contributed by atoms with Crippen LogP contribution >= 0.6 is 0 Å². The molecule has 6 nitrogen and oxygen atoms in total. The average molecular weight is 336 g/mol. The van der Waals surface area contributed by atoms with Crippen molar-refractivity contribution in [2.45, 2.75) is 25.4 Å². The first-order valence-corrected chi connectivity index (χ1v) is 8.86. The molecule has 3 heterocycles. The fraction of sp³-hybridized carbons (Fsp3) is 0.368. The molecule has 3 N–H and O–H groups in total. The van der Waals surface area contributed by atoms with Gasteiger partial charge in [0.1, 0.15) is 18.0 Å². The van der Waals surface area contributed by atoms with Gasteiger partial charge in [0, 0.05) is 50.5 Å². The van der Waals surface area contributed by atoms with Gasteiger partial charge in [-0.15, -0.1) is 0 Å². The van der Waals surface area contributed by atoms with E-state index in [-0.39, 0.29) is 0 Å². The molecule has 0 saturated carbocycles. The van der Waals surface area contributed by atoms with Crippen LogP contribution in [0.3, 0.4) is 0 Å². The number of hydrogen-bond acceptors (Lipinski definition) is 5.